The van der Waals surface area contributed by atoms with E-state index in [0.717, 1.165) is 0 Å². The van der Waals surface area contributed by atoms with Gasteiger partial charge in [0.25, 0.3) is 0 Å². The van der Waals surface area contributed by atoms with Crippen molar-refractivity contribution in [1.29, 1.82) is 0 Å². The van der Waals surface area contributed by atoms with Gasteiger partial charge in [0.05, 0.1) is 0 Å². The van der Waals surface area contributed by atoms with Crippen LogP contribution in [0.3, 0.4) is 0 Å². The molecule has 3 nitrogen and oxygen atoms in total. The third-order valence-electron chi connectivity index (χ3n) is 3.69. The topological polar surface area (TPSA) is 54.4 Å². The van der Waals surface area contributed by atoms with Gasteiger partial charge in [0.2, 0.25) is 0 Å². The third-order valence-corrected chi connectivity index (χ3v) is 7.43. The summed E-state index contributed by atoms with van der Waals surface area (Å²) >= 11 is 0. The van der Waals surface area contributed by atoms with Gasteiger partial charge in [-0.15, -0.1) is 0 Å². The van der Waals surface area contributed by atoms with E-state index in [2.05, 4.69) is 91.0 Å². The molecular formula is C19H17F3O3SSi. The Morgan fingerprint density at radius 2 is 0.852 bits per heavy atom. The van der Waals surface area contributed by atoms with Crippen LogP contribution in [0.1, 0.15) is 0 Å². The Balaban J connectivity index is 0.000000279. The molecule has 0 amide bonds. The molecule has 0 aromatic heterocycles. The number of alkyl halides is 3. The van der Waals surface area contributed by atoms with Gasteiger partial charge >= 0.3 is 15.6 Å². The van der Waals surface area contributed by atoms with Gasteiger partial charge in [-0.1, -0.05) is 107 Å². The van der Waals surface area contributed by atoms with E-state index in [1.807, 2.05) is 0 Å². The zero-order valence-electron chi connectivity index (χ0n) is 14.0. The summed E-state index contributed by atoms with van der Waals surface area (Å²) in [6.07, 6.45) is 0. The third kappa shape index (κ3) is 6.06. The Morgan fingerprint density at radius 1 is 0.630 bits per heavy atom. The first-order valence-electron chi connectivity index (χ1n) is 7.89. The largest absolute Gasteiger partial charge is 0.522 e. The number of rotatable bonds is 3. The minimum absolute atomic E-state index is 1.31. The average molecular weight is 410 g/mol. The van der Waals surface area contributed by atoms with Crippen LogP contribution < -0.4 is 15.6 Å². The molecule has 0 aliphatic rings. The highest BCUT2D eigenvalue weighted by molar-refractivity contribution is 7.86. The van der Waals surface area contributed by atoms with E-state index in [-0.39, 0.29) is 0 Å². The standard InChI is InChI=1S/C18H16Si.CHF3O3S/c1-4-10-16(11-5-1)19(17-12-6-2-7-13-17)18-14-8-3-9-15-18;2-1(3,4)8(5,6)7/h1-15,19H;(H,5,6,7). The molecule has 0 saturated heterocycles. The van der Waals surface area contributed by atoms with Gasteiger partial charge in [-0.2, -0.15) is 21.6 Å². The molecule has 27 heavy (non-hydrogen) atoms. The first kappa shape index (κ1) is 20.9. The lowest BCUT2D eigenvalue weighted by Crippen LogP contribution is -2.51. The van der Waals surface area contributed by atoms with E-state index in [1.54, 1.807) is 0 Å². The summed E-state index contributed by atoms with van der Waals surface area (Å²) in [6, 6.07) is 32.7. The van der Waals surface area contributed by atoms with Crippen molar-refractivity contribution in [2.45, 2.75) is 5.51 Å². The lowest BCUT2D eigenvalue weighted by molar-refractivity contribution is -0.0510. The van der Waals surface area contributed by atoms with Gasteiger partial charge in [-0.25, -0.2) is 0 Å². The molecule has 0 heterocycles. The SMILES string of the molecule is O=S(=O)(O)C(F)(F)F.c1ccc([SiH](c2ccccc2)c2ccccc2)cc1. The van der Waals surface area contributed by atoms with Crippen LogP contribution in [0.5, 0.6) is 0 Å². The Kier molecular flexibility index (Phi) is 6.95. The molecule has 3 aromatic rings. The van der Waals surface area contributed by atoms with E-state index >= 15 is 0 Å². The van der Waals surface area contributed by atoms with Crippen molar-refractivity contribution >= 4 is 34.5 Å². The molecule has 0 atom stereocenters. The summed E-state index contributed by atoms with van der Waals surface area (Å²) in [7, 11) is -7.15. The molecular weight excluding hydrogens is 393 g/mol. The van der Waals surface area contributed by atoms with Crippen LogP contribution in [0.4, 0.5) is 13.2 Å². The van der Waals surface area contributed by atoms with Crippen LogP contribution in [-0.4, -0.2) is 27.3 Å². The molecule has 0 fully saturated rings. The molecule has 0 spiro atoms. The van der Waals surface area contributed by atoms with E-state index in [0.29, 0.717) is 0 Å². The van der Waals surface area contributed by atoms with Crippen LogP contribution >= 0.6 is 0 Å². The van der Waals surface area contributed by atoms with E-state index in [1.165, 1.54) is 15.6 Å². The zero-order valence-corrected chi connectivity index (χ0v) is 16.0. The van der Waals surface area contributed by atoms with Gasteiger partial charge in [0, 0.05) is 0 Å². The molecule has 1 N–H and O–H groups in total. The number of hydrogen-bond donors (Lipinski definition) is 1. The summed E-state index contributed by atoms with van der Waals surface area (Å²) in [6.45, 7) is 0. The summed E-state index contributed by atoms with van der Waals surface area (Å²) in [4.78, 5) is 0. The lowest BCUT2D eigenvalue weighted by Gasteiger charge is -2.16. The van der Waals surface area contributed by atoms with Crippen LogP contribution in [0.25, 0.3) is 0 Å². The van der Waals surface area contributed by atoms with Crippen molar-refractivity contribution in [3.63, 3.8) is 0 Å². The monoisotopic (exact) mass is 410 g/mol. The van der Waals surface area contributed by atoms with E-state index in [4.69, 9.17) is 13.0 Å². The van der Waals surface area contributed by atoms with Crippen LogP contribution in [0.15, 0.2) is 91.0 Å². The summed E-state index contributed by atoms with van der Waals surface area (Å²) in [5.74, 6) is 0. The molecule has 3 aromatic carbocycles. The molecule has 8 heteroatoms. The Hall–Kier alpha value is -2.42. The smallest absolute Gasteiger partial charge is 0.279 e. The highest BCUT2D eigenvalue weighted by atomic mass is 32.2. The number of hydrogen-bond acceptors (Lipinski definition) is 2. The first-order valence-corrected chi connectivity index (χ1v) is 11.1. The fourth-order valence-electron chi connectivity index (χ4n) is 2.51. The van der Waals surface area contributed by atoms with Gasteiger partial charge in [-0.3, -0.25) is 4.55 Å². The first-order chi connectivity index (χ1) is 12.7. The van der Waals surface area contributed by atoms with Crippen LogP contribution in [0.2, 0.25) is 0 Å². The maximum atomic E-state index is 10.7. The van der Waals surface area contributed by atoms with Crippen LogP contribution in [0, 0.1) is 0 Å². The molecule has 0 aliphatic heterocycles. The van der Waals surface area contributed by atoms with E-state index in [9.17, 15) is 13.2 Å². The van der Waals surface area contributed by atoms with Gasteiger partial charge < -0.3 is 0 Å². The quantitative estimate of drug-likeness (QED) is 0.312. The molecule has 0 unspecified atom stereocenters. The Bertz CT molecular complexity index is 838. The predicted molar refractivity (Wildman–Crippen MR) is 103 cm³/mol. The highest BCUT2D eigenvalue weighted by Crippen LogP contribution is 2.20. The number of halogens is 3. The summed E-state index contributed by atoms with van der Waals surface area (Å²) < 4.78 is 57.5. The fourth-order valence-corrected chi connectivity index (χ4v) is 5.49. The second-order valence-electron chi connectivity index (χ2n) is 5.59. The Labute approximate surface area is 157 Å². The van der Waals surface area contributed by atoms with Crippen molar-refractivity contribution in [2.24, 2.45) is 0 Å². The van der Waals surface area contributed by atoms with Gasteiger partial charge in [-0.05, 0) is 0 Å². The second-order valence-corrected chi connectivity index (χ2v) is 9.86. The van der Waals surface area contributed by atoms with Crippen molar-refractivity contribution in [3.8, 4) is 0 Å². The summed E-state index contributed by atoms with van der Waals surface area (Å²) in [5.41, 5.74) is -5.53. The molecule has 0 bridgehead atoms. The van der Waals surface area contributed by atoms with E-state index < -0.39 is 24.4 Å². The minimum Gasteiger partial charge on any atom is -0.279 e. The minimum atomic E-state index is -5.84. The molecule has 142 valence electrons. The molecule has 0 saturated carbocycles. The maximum absolute atomic E-state index is 10.7. The van der Waals surface area contributed by atoms with Crippen molar-refractivity contribution in [2.75, 3.05) is 0 Å². The average Bonchev–Trinajstić information content (AvgIpc) is 2.64. The second kappa shape index (κ2) is 8.98. The molecule has 3 rings (SSSR count). The lowest BCUT2D eigenvalue weighted by atomic mass is 10.3. The normalized spacial score (nSPS) is 11.6. The van der Waals surface area contributed by atoms with Gasteiger partial charge in [0.1, 0.15) is 8.80 Å². The fraction of sp³-hybridized carbons (Fsp3) is 0.0526. The summed E-state index contributed by atoms with van der Waals surface area (Å²) in [5, 5.41) is 4.42. The van der Waals surface area contributed by atoms with Crippen molar-refractivity contribution < 1.29 is 26.1 Å². The predicted octanol–water partition coefficient (Wildman–Crippen LogP) is 2.33. The Morgan fingerprint density at radius 3 is 1.04 bits per heavy atom. The number of benzene rings is 3. The van der Waals surface area contributed by atoms with Crippen molar-refractivity contribution in [1.82, 2.24) is 0 Å². The molecule has 0 aliphatic carbocycles. The van der Waals surface area contributed by atoms with Crippen LogP contribution in [-0.2, 0) is 10.1 Å². The zero-order chi connectivity index (χ0) is 19.9. The highest BCUT2D eigenvalue weighted by Gasteiger charge is 2.44. The maximum Gasteiger partial charge on any atom is 0.522 e. The van der Waals surface area contributed by atoms with Crippen molar-refractivity contribution in [3.05, 3.63) is 91.0 Å². The van der Waals surface area contributed by atoms with Gasteiger partial charge in [0.15, 0.2) is 0 Å². The molecule has 0 radical (unpaired) electrons.